The molecule has 0 aliphatic heterocycles. The van der Waals surface area contributed by atoms with E-state index in [-0.39, 0.29) is 17.9 Å². The average molecular weight is 296 g/mol. The molecule has 0 aliphatic rings. The van der Waals surface area contributed by atoms with E-state index in [1.807, 2.05) is 33.8 Å². The Morgan fingerprint density at radius 1 is 1.40 bits per heavy atom. The molecule has 0 spiro atoms. The van der Waals surface area contributed by atoms with Gasteiger partial charge in [-0.3, -0.25) is 4.79 Å². The minimum atomic E-state index is -0.525. The number of nitriles is 1. The first-order chi connectivity index (χ1) is 9.27. The maximum atomic E-state index is 14.4. The van der Waals surface area contributed by atoms with Gasteiger partial charge < -0.3 is 0 Å². The van der Waals surface area contributed by atoms with Crippen LogP contribution in [-0.2, 0) is 17.6 Å². The summed E-state index contributed by atoms with van der Waals surface area (Å²) in [6.07, 6.45) is 0.688. The van der Waals surface area contributed by atoms with Gasteiger partial charge in [-0.2, -0.15) is 5.26 Å². The van der Waals surface area contributed by atoms with Crippen molar-refractivity contribution in [2.45, 2.75) is 46.5 Å². The Kier molecular flexibility index (Phi) is 5.71. The van der Waals surface area contributed by atoms with Crippen LogP contribution in [0.2, 0.25) is 0 Å². The number of nitrogens with zero attached hydrogens (tertiary/aromatic N) is 1. The smallest absolute Gasteiger partial charge is 0.226 e. The summed E-state index contributed by atoms with van der Waals surface area (Å²) in [7, 11) is 0. The van der Waals surface area contributed by atoms with Crippen molar-refractivity contribution in [1.82, 2.24) is 0 Å². The lowest BCUT2D eigenvalue weighted by atomic mass is 9.86. The molecule has 0 atom stereocenters. The van der Waals surface area contributed by atoms with Crippen molar-refractivity contribution in [3.63, 3.8) is 0 Å². The molecule has 0 bridgehead atoms. The Morgan fingerprint density at radius 2 is 2.00 bits per heavy atom. The molecular weight excluding hydrogens is 277 g/mol. The van der Waals surface area contributed by atoms with Crippen LogP contribution in [0.15, 0.2) is 6.07 Å². The van der Waals surface area contributed by atoms with E-state index < -0.39 is 11.1 Å². The Balaban J connectivity index is 3.59. The van der Waals surface area contributed by atoms with Crippen LogP contribution >= 0.6 is 11.6 Å². The zero-order valence-electron chi connectivity index (χ0n) is 12.3. The fraction of sp³-hybridized carbons (Fsp3) is 0.500. The third kappa shape index (κ3) is 3.80. The van der Waals surface area contributed by atoms with Gasteiger partial charge in [0.05, 0.1) is 5.56 Å². The van der Waals surface area contributed by atoms with Gasteiger partial charge in [0.25, 0.3) is 0 Å². The van der Waals surface area contributed by atoms with Crippen molar-refractivity contribution < 1.29 is 9.18 Å². The highest BCUT2D eigenvalue weighted by molar-refractivity contribution is 6.63. The lowest BCUT2D eigenvalue weighted by Crippen LogP contribution is -2.11. The van der Waals surface area contributed by atoms with E-state index >= 15 is 0 Å². The fourth-order valence-corrected chi connectivity index (χ4v) is 2.56. The van der Waals surface area contributed by atoms with Gasteiger partial charge in [0.2, 0.25) is 5.24 Å². The van der Waals surface area contributed by atoms with Crippen molar-refractivity contribution in [3.05, 3.63) is 34.1 Å². The van der Waals surface area contributed by atoms with Crippen LogP contribution in [0.25, 0.3) is 0 Å². The molecule has 0 aliphatic carbocycles. The average Bonchev–Trinajstić information content (AvgIpc) is 2.30. The van der Waals surface area contributed by atoms with Crippen LogP contribution in [0.1, 0.15) is 55.9 Å². The van der Waals surface area contributed by atoms with Crippen LogP contribution in [0.4, 0.5) is 4.39 Å². The van der Waals surface area contributed by atoms with Crippen molar-refractivity contribution in [1.29, 1.82) is 5.26 Å². The molecule has 0 unspecified atom stereocenters. The molecule has 0 heterocycles. The topological polar surface area (TPSA) is 40.9 Å². The normalized spacial score (nSPS) is 10.9. The highest BCUT2D eigenvalue weighted by Gasteiger charge is 2.22. The minimum absolute atomic E-state index is 0.000247. The molecule has 0 aromatic heterocycles. The quantitative estimate of drug-likeness (QED) is 0.759. The number of hydrogen-bond donors (Lipinski definition) is 0. The summed E-state index contributed by atoms with van der Waals surface area (Å²) in [4.78, 5) is 11.3. The molecule has 0 N–H and O–H groups in total. The summed E-state index contributed by atoms with van der Waals surface area (Å²) in [6, 6.07) is 3.44. The standard InChI is InChI=1S/C16H19ClFNO/c1-9(2)5-11-6-12(8-19)16(18)15(10(3)4)13(11)7-14(17)20/h6,9-10H,5,7H2,1-4H3. The van der Waals surface area contributed by atoms with Gasteiger partial charge >= 0.3 is 0 Å². The largest absolute Gasteiger partial charge is 0.281 e. The van der Waals surface area contributed by atoms with E-state index in [0.717, 1.165) is 5.56 Å². The van der Waals surface area contributed by atoms with Gasteiger partial charge in [-0.15, -0.1) is 0 Å². The van der Waals surface area contributed by atoms with E-state index in [1.54, 1.807) is 6.07 Å². The maximum absolute atomic E-state index is 14.4. The summed E-state index contributed by atoms with van der Waals surface area (Å²) in [5, 5.41) is 8.56. The van der Waals surface area contributed by atoms with Gasteiger partial charge in [-0.25, -0.2) is 4.39 Å². The first-order valence-corrected chi connectivity index (χ1v) is 7.08. The molecule has 1 aromatic rings. The number of benzene rings is 1. The first-order valence-electron chi connectivity index (χ1n) is 6.70. The highest BCUT2D eigenvalue weighted by Crippen LogP contribution is 2.30. The predicted octanol–water partition coefficient (Wildman–Crippen LogP) is 4.33. The van der Waals surface area contributed by atoms with Crippen molar-refractivity contribution in [2.24, 2.45) is 5.92 Å². The molecule has 108 valence electrons. The second-order valence-corrected chi connectivity index (χ2v) is 6.11. The molecule has 2 nitrogen and oxygen atoms in total. The van der Waals surface area contributed by atoms with Gasteiger partial charge in [0, 0.05) is 6.42 Å². The van der Waals surface area contributed by atoms with E-state index in [4.69, 9.17) is 16.9 Å². The molecule has 0 saturated heterocycles. The molecule has 0 fully saturated rings. The molecule has 20 heavy (non-hydrogen) atoms. The number of hydrogen-bond acceptors (Lipinski definition) is 2. The second-order valence-electron chi connectivity index (χ2n) is 5.69. The molecule has 0 amide bonds. The van der Waals surface area contributed by atoms with Gasteiger partial charge in [-0.05, 0) is 52.6 Å². The summed E-state index contributed by atoms with van der Waals surface area (Å²) in [5.74, 6) is -0.292. The van der Waals surface area contributed by atoms with Crippen LogP contribution < -0.4 is 0 Å². The van der Waals surface area contributed by atoms with E-state index in [9.17, 15) is 9.18 Å². The number of carbonyl (C=O) groups excluding carboxylic acids is 1. The predicted molar refractivity (Wildman–Crippen MR) is 78.3 cm³/mol. The van der Waals surface area contributed by atoms with Gasteiger partial charge in [-0.1, -0.05) is 27.7 Å². The highest BCUT2D eigenvalue weighted by atomic mass is 35.5. The van der Waals surface area contributed by atoms with Crippen LogP contribution in [-0.4, -0.2) is 5.24 Å². The zero-order chi connectivity index (χ0) is 15.4. The zero-order valence-corrected chi connectivity index (χ0v) is 13.0. The number of rotatable bonds is 5. The monoisotopic (exact) mass is 295 g/mol. The first kappa shape index (κ1) is 16.7. The van der Waals surface area contributed by atoms with E-state index in [2.05, 4.69) is 0 Å². The van der Waals surface area contributed by atoms with Crippen molar-refractivity contribution >= 4 is 16.8 Å². The molecular formula is C16H19ClFNO. The summed E-state index contributed by atoms with van der Waals surface area (Å²) in [6.45, 7) is 7.77. The summed E-state index contributed by atoms with van der Waals surface area (Å²) in [5.41, 5.74) is 1.96. The van der Waals surface area contributed by atoms with Crippen LogP contribution in [0, 0.1) is 23.1 Å². The van der Waals surface area contributed by atoms with E-state index in [0.29, 0.717) is 23.5 Å². The molecule has 0 saturated carbocycles. The molecule has 1 aromatic carbocycles. The maximum Gasteiger partial charge on any atom is 0.226 e. The Labute approximate surface area is 124 Å². The van der Waals surface area contributed by atoms with Gasteiger partial charge in [0.1, 0.15) is 11.9 Å². The van der Waals surface area contributed by atoms with E-state index in [1.165, 1.54) is 0 Å². The lowest BCUT2D eigenvalue weighted by Gasteiger charge is -2.19. The fourth-order valence-electron chi connectivity index (χ4n) is 2.43. The van der Waals surface area contributed by atoms with Crippen LogP contribution in [0.3, 0.4) is 0 Å². The third-order valence-electron chi connectivity index (χ3n) is 3.15. The van der Waals surface area contributed by atoms with Crippen LogP contribution in [0.5, 0.6) is 0 Å². The Morgan fingerprint density at radius 3 is 2.40 bits per heavy atom. The minimum Gasteiger partial charge on any atom is -0.281 e. The lowest BCUT2D eigenvalue weighted by molar-refractivity contribution is -0.111. The second kappa shape index (κ2) is 6.85. The summed E-state index contributed by atoms with van der Waals surface area (Å²) >= 11 is 5.50. The van der Waals surface area contributed by atoms with Crippen molar-refractivity contribution in [3.8, 4) is 6.07 Å². The Hall–Kier alpha value is -1.40. The SMILES string of the molecule is CC(C)Cc1cc(C#N)c(F)c(C(C)C)c1CC(=O)Cl. The third-order valence-corrected chi connectivity index (χ3v) is 3.28. The summed E-state index contributed by atoms with van der Waals surface area (Å²) < 4.78 is 14.4. The molecule has 0 radical (unpaired) electrons. The number of halogens is 2. The van der Waals surface area contributed by atoms with Crippen molar-refractivity contribution in [2.75, 3.05) is 0 Å². The van der Waals surface area contributed by atoms with Gasteiger partial charge in [0.15, 0.2) is 0 Å². The molecule has 4 heteroatoms. The molecule has 1 rings (SSSR count). The Bertz CT molecular complexity index is 559. The number of carbonyl (C=O) groups is 1.